The van der Waals surface area contributed by atoms with E-state index in [0.29, 0.717) is 28.1 Å². The van der Waals surface area contributed by atoms with E-state index in [9.17, 15) is 14.4 Å². The number of hydrogen-bond donors (Lipinski definition) is 2. The van der Waals surface area contributed by atoms with Crippen molar-refractivity contribution in [1.29, 1.82) is 0 Å². The molecule has 0 aromatic heterocycles. The van der Waals surface area contributed by atoms with Gasteiger partial charge in [0.1, 0.15) is 5.75 Å². The molecule has 0 spiro atoms. The molecule has 0 aliphatic carbocycles. The first-order valence-electron chi connectivity index (χ1n) is 10.9. The highest BCUT2D eigenvalue weighted by Gasteiger charge is 2.21. The van der Waals surface area contributed by atoms with Crippen molar-refractivity contribution in [3.05, 3.63) is 93.5 Å². The Balaban J connectivity index is 1.66. The zero-order chi connectivity index (χ0) is 25.6. The molecule has 3 rings (SSSR count). The fraction of sp³-hybridized carbons (Fsp3) is 0.185. The molecule has 0 atom stereocenters. The van der Waals surface area contributed by atoms with E-state index >= 15 is 0 Å². The van der Waals surface area contributed by atoms with Crippen LogP contribution in [0.2, 0.25) is 0 Å². The zero-order valence-electron chi connectivity index (χ0n) is 19.9. The number of halogens is 1. The average molecular weight is 536 g/mol. The molecule has 0 heterocycles. The fourth-order valence-electron chi connectivity index (χ4n) is 2.81. The van der Waals surface area contributed by atoms with Crippen LogP contribution < -0.4 is 15.5 Å². The van der Waals surface area contributed by atoms with Crippen molar-refractivity contribution in [1.82, 2.24) is 5.43 Å². The Kier molecular flexibility index (Phi) is 8.19. The molecule has 0 unspecified atom stereocenters. The van der Waals surface area contributed by atoms with E-state index in [2.05, 4.69) is 31.8 Å². The van der Waals surface area contributed by atoms with Crippen LogP contribution in [0.3, 0.4) is 0 Å². The quantitative estimate of drug-likeness (QED) is 0.182. The highest BCUT2D eigenvalue weighted by molar-refractivity contribution is 9.10. The fourth-order valence-corrected chi connectivity index (χ4v) is 3.19. The van der Waals surface area contributed by atoms with Gasteiger partial charge in [-0.2, -0.15) is 5.10 Å². The minimum Gasteiger partial charge on any atom is -0.422 e. The summed E-state index contributed by atoms with van der Waals surface area (Å²) in [4.78, 5) is 37.1. The van der Waals surface area contributed by atoms with Crippen LogP contribution in [0.15, 0.2) is 76.3 Å². The van der Waals surface area contributed by atoms with Gasteiger partial charge >= 0.3 is 5.97 Å². The number of amides is 2. The summed E-state index contributed by atoms with van der Waals surface area (Å²) in [6.07, 6.45) is 1.40. The topological polar surface area (TPSA) is 96.9 Å². The smallest absolute Gasteiger partial charge is 0.343 e. The number of ether oxygens (including phenoxy) is 1. The summed E-state index contributed by atoms with van der Waals surface area (Å²) >= 11 is 3.39. The van der Waals surface area contributed by atoms with Gasteiger partial charge in [0.05, 0.1) is 11.8 Å². The molecule has 180 valence electrons. The van der Waals surface area contributed by atoms with E-state index in [0.717, 1.165) is 10.0 Å². The van der Waals surface area contributed by atoms with E-state index in [1.54, 1.807) is 54.6 Å². The van der Waals surface area contributed by atoms with Gasteiger partial charge in [-0.05, 0) is 61.5 Å². The van der Waals surface area contributed by atoms with Gasteiger partial charge in [0, 0.05) is 26.7 Å². The maximum absolute atomic E-state index is 12.5. The van der Waals surface area contributed by atoms with Crippen molar-refractivity contribution in [3.8, 4) is 5.75 Å². The van der Waals surface area contributed by atoms with Crippen LogP contribution in [0, 0.1) is 12.3 Å². The average Bonchev–Trinajstić information content (AvgIpc) is 2.81. The second kappa shape index (κ2) is 11.1. The Morgan fingerprint density at radius 3 is 2.17 bits per heavy atom. The molecule has 2 amide bonds. The number of aryl methyl sites for hydroxylation is 1. The molecule has 3 aromatic rings. The molecule has 0 saturated carbocycles. The van der Waals surface area contributed by atoms with Gasteiger partial charge in [-0.15, -0.1) is 0 Å². The van der Waals surface area contributed by atoms with Crippen LogP contribution >= 0.6 is 15.9 Å². The molecule has 8 heteroatoms. The van der Waals surface area contributed by atoms with E-state index in [-0.39, 0.29) is 5.91 Å². The molecule has 3 aromatic carbocycles. The lowest BCUT2D eigenvalue weighted by Crippen LogP contribution is -2.27. The zero-order valence-corrected chi connectivity index (χ0v) is 21.5. The van der Waals surface area contributed by atoms with E-state index < -0.39 is 17.3 Å². The van der Waals surface area contributed by atoms with Gasteiger partial charge in [-0.3, -0.25) is 9.59 Å². The molecule has 0 aliphatic heterocycles. The van der Waals surface area contributed by atoms with Crippen molar-refractivity contribution in [3.63, 3.8) is 0 Å². The number of carbonyl (C=O) groups excluding carboxylic acids is 3. The van der Waals surface area contributed by atoms with Crippen molar-refractivity contribution >= 4 is 45.6 Å². The van der Waals surface area contributed by atoms with Crippen LogP contribution in [-0.4, -0.2) is 24.0 Å². The Labute approximate surface area is 212 Å². The van der Waals surface area contributed by atoms with Crippen molar-refractivity contribution in [2.45, 2.75) is 27.7 Å². The minimum atomic E-state index is -0.523. The van der Waals surface area contributed by atoms with E-state index in [1.165, 1.54) is 6.21 Å². The molecule has 0 radical (unpaired) electrons. The largest absolute Gasteiger partial charge is 0.422 e. The summed E-state index contributed by atoms with van der Waals surface area (Å²) in [5, 5.41) is 6.82. The molecule has 7 nitrogen and oxygen atoms in total. The van der Waals surface area contributed by atoms with Gasteiger partial charge < -0.3 is 10.1 Å². The number of benzene rings is 3. The van der Waals surface area contributed by atoms with Gasteiger partial charge in [-0.1, -0.05) is 54.4 Å². The monoisotopic (exact) mass is 535 g/mol. The molecule has 0 bridgehead atoms. The Morgan fingerprint density at radius 1 is 0.914 bits per heavy atom. The van der Waals surface area contributed by atoms with Crippen LogP contribution in [0.25, 0.3) is 0 Å². The minimum absolute atomic E-state index is 0.118. The molecule has 35 heavy (non-hydrogen) atoms. The van der Waals surface area contributed by atoms with Crippen molar-refractivity contribution < 1.29 is 19.1 Å². The standard InChI is InChI=1S/C27H26BrN3O4/c1-17-5-7-19(8-6-17)25(33)35-23-14-11-21(28)15-20(23)16-29-31-24(32)18-9-12-22(13-10-18)30-26(34)27(2,3)4/h5-16H,1-4H3,(H,30,34)(H,31,32)/b29-16+. The van der Waals surface area contributed by atoms with Crippen LogP contribution in [0.5, 0.6) is 5.75 Å². The lowest BCUT2D eigenvalue weighted by Gasteiger charge is -2.17. The van der Waals surface area contributed by atoms with Gasteiger partial charge in [0.25, 0.3) is 5.91 Å². The van der Waals surface area contributed by atoms with E-state index in [1.807, 2.05) is 39.8 Å². The normalized spacial score (nSPS) is 11.2. The third-order valence-corrected chi connectivity index (χ3v) is 5.41. The van der Waals surface area contributed by atoms with E-state index in [4.69, 9.17) is 4.74 Å². The number of carbonyl (C=O) groups is 3. The van der Waals surface area contributed by atoms with Crippen molar-refractivity contribution in [2.24, 2.45) is 10.5 Å². The molecule has 0 fully saturated rings. The van der Waals surface area contributed by atoms with Crippen LogP contribution in [0.1, 0.15) is 52.6 Å². The third-order valence-electron chi connectivity index (χ3n) is 4.92. The number of nitrogens with zero attached hydrogens (tertiary/aromatic N) is 1. The second-order valence-electron chi connectivity index (χ2n) is 8.92. The summed E-state index contributed by atoms with van der Waals surface area (Å²) in [5.74, 6) is -0.740. The molecular weight excluding hydrogens is 510 g/mol. The number of esters is 1. The molecule has 0 saturated heterocycles. The Hall–Kier alpha value is -3.78. The maximum Gasteiger partial charge on any atom is 0.343 e. The Morgan fingerprint density at radius 2 is 1.54 bits per heavy atom. The summed E-state index contributed by atoms with van der Waals surface area (Å²) in [6.45, 7) is 7.40. The highest BCUT2D eigenvalue weighted by Crippen LogP contribution is 2.23. The molecular formula is C27H26BrN3O4. The van der Waals surface area contributed by atoms with Gasteiger partial charge in [0.15, 0.2) is 0 Å². The summed E-state index contributed by atoms with van der Waals surface area (Å²) in [7, 11) is 0. The Bertz CT molecular complexity index is 1260. The SMILES string of the molecule is Cc1ccc(C(=O)Oc2ccc(Br)cc2/C=N/NC(=O)c2ccc(NC(=O)C(C)(C)C)cc2)cc1. The summed E-state index contributed by atoms with van der Waals surface area (Å²) in [6, 6.07) is 18.7. The first-order chi connectivity index (χ1) is 16.5. The number of rotatable bonds is 6. The van der Waals surface area contributed by atoms with Crippen LogP contribution in [0.4, 0.5) is 5.69 Å². The highest BCUT2D eigenvalue weighted by atomic mass is 79.9. The van der Waals surface area contributed by atoms with Gasteiger partial charge in [0.2, 0.25) is 5.91 Å². The molecule has 0 aliphatic rings. The number of hydrogen-bond acceptors (Lipinski definition) is 5. The lowest BCUT2D eigenvalue weighted by atomic mass is 9.95. The maximum atomic E-state index is 12.5. The first-order valence-corrected chi connectivity index (χ1v) is 11.7. The third kappa shape index (κ3) is 7.35. The number of nitrogens with one attached hydrogen (secondary N) is 2. The van der Waals surface area contributed by atoms with Crippen molar-refractivity contribution in [2.75, 3.05) is 5.32 Å². The number of hydrazone groups is 1. The summed E-state index contributed by atoms with van der Waals surface area (Å²) in [5.41, 5.74) is 4.87. The van der Waals surface area contributed by atoms with Crippen LogP contribution in [-0.2, 0) is 4.79 Å². The molecule has 2 N–H and O–H groups in total. The lowest BCUT2D eigenvalue weighted by molar-refractivity contribution is -0.123. The second-order valence-corrected chi connectivity index (χ2v) is 9.83. The predicted octanol–water partition coefficient (Wildman–Crippen LogP) is 5.73. The summed E-state index contributed by atoms with van der Waals surface area (Å²) < 4.78 is 6.30. The number of anilines is 1. The van der Waals surface area contributed by atoms with Gasteiger partial charge in [-0.25, -0.2) is 10.2 Å². The first kappa shape index (κ1) is 25.8. The predicted molar refractivity (Wildman–Crippen MR) is 140 cm³/mol.